The third kappa shape index (κ3) is 19.1. The first-order chi connectivity index (χ1) is 36.9. The van der Waals surface area contributed by atoms with Gasteiger partial charge in [0.05, 0.1) is 37.4 Å². The van der Waals surface area contributed by atoms with Crippen LogP contribution in [-0.2, 0) is 379 Å². The molecule has 11 N–H and O–H groups in total. The molecule has 32 heteroatoms. The summed E-state index contributed by atoms with van der Waals surface area (Å²) < 4.78 is 49.2. The summed E-state index contributed by atoms with van der Waals surface area (Å²) in [6.07, 6.45) is -20.2. The van der Waals surface area contributed by atoms with Crippen LogP contribution in [0.1, 0.15) is 121 Å². The van der Waals surface area contributed by atoms with Crippen molar-refractivity contribution in [3.8, 4) is 0 Å². The number of carbonyl (C=O) groups excluding carboxylic acids is 2. The van der Waals surface area contributed by atoms with Crippen LogP contribution in [0.4, 0.5) is 0 Å². The molecule has 3 aliphatic heterocycles. The second-order valence-electron chi connectivity index (χ2n) is 26.0. The van der Waals surface area contributed by atoms with E-state index in [1.54, 1.807) is 39.8 Å². The molecule has 8 aliphatic rings. The minimum absolute atomic E-state index is 0. The summed E-state index contributed by atoms with van der Waals surface area (Å²) in [6.45, 7) is 19.4. The molecule has 22 nitrogen and oxygen atoms in total. The van der Waals surface area contributed by atoms with Gasteiger partial charge in [0.1, 0.15) is 67.1 Å². The van der Waals surface area contributed by atoms with Crippen LogP contribution in [0.5, 0.6) is 0 Å². The number of rotatable bonds is 14. The van der Waals surface area contributed by atoms with E-state index in [-0.39, 0.29) is 351 Å². The van der Waals surface area contributed by atoms with Crippen LogP contribution in [-0.4, -0.2) is 204 Å². The predicted molar refractivity (Wildman–Crippen MR) is 275 cm³/mol. The SMILES string of the molecule is C/C=C(/C)C(=O)O[C@H]1[C@H](OC(=O)/C(C)=C\C)[C@@]2(CO)C(CC1(C)C)C1=CCC3[C@@]4(C)CC[C@H](O[C@@H]5OC(C(=O)O)[C@@H](O)[C@@H](O[C@@H]6O[C@@H](CO)[C@@H](O)C6O)C5O[C@@H]5OC(CO)[C@H](O)[C@@H](O)C5O)C(C)(C)C4CC[C@@]3(C)[C@]1(C)C[C@H]2O.[Y].[Y].[Y].[Y].[Y].[Y].[Y].[Y].[Y].[Y]. The minimum Gasteiger partial charge on any atom is -0.479 e. The summed E-state index contributed by atoms with van der Waals surface area (Å²) >= 11 is 0. The van der Waals surface area contributed by atoms with Gasteiger partial charge in [0.25, 0.3) is 0 Å². The Balaban J connectivity index is -0.00000740. The van der Waals surface area contributed by atoms with Crippen molar-refractivity contribution < 1.29 is 436 Å². The normalized spacial score (nSPS) is 43.1. The van der Waals surface area contributed by atoms with E-state index in [0.29, 0.717) is 49.7 Å². The maximum atomic E-state index is 13.8. The van der Waals surface area contributed by atoms with Crippen LogP contribution < -0.4 is 0 Å². The Hall–Kier alpha value is 8.03. The van der Waals surface area contributed by atoms with E-state index in [9.17, 15) is 70.6 Å². The number of fused-ring (bicyclic) bond motifs is 7. The molecular formula is C57H88O22Y10. The molecule has 8 unspecified atom stereocenters. The van der Waals surface area contributed by atoms with E-state index in [1.807, 2.05) is 13.8 Å². The van der Waals surface area contributed by atoms with Gasteiger partial charge < -0.3 is 94.1 Å². The van der Waals surface area contributed by atoms with Gasteiger partial charge in [0.15, 0.2) is 31.1 Å². The molecule has 89 heavy (non-hydrogen) atoms. The van der Waals surface area contributed by atoms with Crippen molar-refractivity contribution >= 4 is 17.9 Å². The van der Waals surface area contributed by atoms with Gasteiger partial charge in [-0.3, -0.25) is 0 Å². The molecule has 0 aromatic carbocycles. The molecule has 0 aromatic heterocycles. The molecule has 478 valence electrons. The number of allylic oxidation sites excluding steroid dienone is 4. The van der Waals surface area contributed by atoms with E-state index < -0.39 is 181 Å². The zero-order valence-electron chi connectivity index (χ0n) is 53.1. The number of aliphatic carboxylic acids is 1. The van der Waals surface area contributed by atoms with Gasteiger partial charge in [-0.05, 0) is 112 Å². The molecule has 3 heterocycles. The standard InChI is InChI=1S/C57H88O22.10Y/c1-12-25(3)47(70)78-44-45(79-48(71)26(4)13-2)57(24-60)28(20-52(44,5)6)27-14-15-32-54(9)18-17-34(53(7,8)31(54)16-19-55(32,10)56(27,11)21-33(57)61)74-51-43(77-50-39(66)37(64)35(62)29(22-58)72-50)41(40(67)42(76-51)46(68)69)75-49-38(65)36(63)30(23-59)73-49;;;;;;;;;;/h12-14,28-45,49-51,58-67H,15-24H2,1-11H3,(H,68,69);;;;;;;;;;/b25-12-,26-13-;;;;;;;;;;/t28?,29?,30-,31?,32?,33+,34-,35-,36+,37+,38?,39?,40-,41+,42?,43?,44-,45-,49-,50-,51+,54-,55+,56+,57-;;;;;;;;;;/m0........../s1. The van der Waals surface area contributed by atoms with Gasteiger partial charge in [-0.1, -0.05) is 72.3 Å². The third-order valence-corrected chi connectivity index (χ3v) is 21.3. The van der Waals surface area contributed by atoms with E-state index in [4.69, 9.17) is 37.9 Å². The Bertz CT molecular complexity index is 2400. The van der Waals surface area contributed by atoms with Gasteiger partial charge >= 0.3 is 17.9 Å². The fraction of sp³-hybridized carbons (Fsp3) is 0.842. The summed E-state index contributed by atoms with van der Waals surface area (Å²) in [7, 11) is 0. The summed E-state index contributed by atoms with van der Waals surface area (Å²) in [5.41, 5.74) is -2.71. The molecule has 10 radical (unpaired) electrons. The number of ether oxygens (including phenoxy) is 8. The molecule has 0 spiro atoms. The number of carboxylic acid groups (broad SMARTS) is 1. The Kier molecular flexibility index (Phi) is 46.2. The monoisotopic (exact) mass is 2010 g/mol. The van der Waals surface area contributed by atoms with Crippen LogP contribution in [0.15, 0.2) is 34.9 Å². The third-order valence-electron chi connectivity index (χ3n) is 21.3. The topological polar surface area (TPSA) is 348 Å². The molecule has 5 aliphatic carbocycles. The largest absolute Gasteiger partial charge is 0.479 e. The Morgan fingerprint density at radius 2 is 1.07 bits per heavy atom. The van der Waals surface area contributed by atoms with Crippen LogP contribution in [0.25, 0.3) is 0 Å². The molecule has 0 amide bonds. The van der Waals surface area contributed by atoms with Gasteiger partial charge in [0.2, 0.25) is 0 Å². The fourth-order valence-electron chi connectivity index (χ4n) is 16.2. The molecule has 3 saturated heterocycles. The number of aliphatic hydroxyl groups excluding tert-OH is 10. The zero-order valence-corrected chi connectivity index (χ0v) is 81.5. The van der Waals surface area contributed by atoms with Crippen molar-refractivity contribution in [2.24, 2.45) is 50.2 Å². The second-order valence-corrected chi connectivity index (χ2v) is 26.0. The van der Waals surface area contributed by atoms with Crippen molar-refractivity contribution in [3.05, 3.63) is 34.9 Å². The van der Waals surface area contributed by atoms with Crippen molar-refractivity contribution in [1.82, 2.24) is 0 Å². The number of hydrogen-bond donors (Lipinski definition) is 11. The van der Waals surface area contributed by atoms with Crippen molar-refractivity contribution in [3.63, 3.8) is 0 Å². The number of aliphatic hydroxyl groups is 10. The van der Waals surface area contributed by atoms with Crippen LogP contribution in [0, 0.1) is 50.2 Å². The Morgan fingerprint density at radius 1 is 0.584 bits per heavy atom. The molecular weight excluding hydrogens is 1930 g/mol. The van der Waals surface area contributed by atoms with Crippen LogP contribution in [0.3, 0.4) is 0 Å². The number of carbonyl (C=O) groups is 3. The van der Waals surface area contributed by atoms with Gasteiger partial charge in [-0.25, -0.2) is 14.4 Å². The number of hydrogen-bond acceptors (Lipinski definition) is 21. The van der Waals surface area contributed by atoms with Gasteiger partial charge in [-0.15, -0.1) is 0 Å². The first-order valence-corrected chi connectivity index (χ1v) is 28.0. The van der Waals surface area contributed by atoms with E-state index in [1.165, 1.54) is 0 Å². The summed E-state index contributed by atoms with van der Waals surface area (Å²) in [5, 5.41) is 121. The molecule has 4 saturated carbocycles. The quantitative estimate of drug-likeness (QED) is 0.0505. The number of esters is 2. The minimum atomic E-state index is -2.10. The van der Waals surface area contributed by atoms with Crippen LogP contribution >= 0.6 is 0 Å². The van der Waals surface area contributed by atoms with E-state index >= 15 is 0 Å². The van der Waals surface area contributed by atoms with Crippen molar-refractivity contribution in [1.29, 1.82) is 0 Å². The first kappa shape index (κ1) is 101. The number of carboxylic acids is 1. The first-order valence-electron chi connectivity index (χ1n) is 28.0. The Labute approximate surface area is 775 Å². The van der Waals surface area contributed by atoms with E-state index in [0.717, 1.165) is 5.57 Å². The average molecular weight is 2010 g/mol. The van der Waals surface area contributed by atoms with Crippen molar-refractivity contribution in [2.45, 2.75) is 232 Å². The fourth-order valence-corrected chi connectivity index (χ4v) is 16.2. The zero-order chi connectivity index (χ0) is 58.4. The van der Waals surface area contributed by atoms with Crippen LogP contribution in [0.2, 0.25) is 0 Å². The molecule has 0 bridgehead atoms. The predicted octanol–water partition coefficient (Wildman–Crippen LogP) is 1.27. The Morgan fingerprint density at radius 3 is 1.55 bits per heavy atom. The molecule has 25 atom stereocenters. The molecule has 7 fully saturated rings. The molecule has 0 aromatic rings. The van der Waals surface area contributed by atoms with Crippen molar-refractivity contribution in [2.75, 3.05) is 19.8 Å². The maximum Gasteiger partial charge on any atom is 0.335 e. The average Bonchev–Trinajstić information content (AvgIpc) is 0.936. The van der Waals surface area contributed by atoms with E-state index in [2.05, 4.69) is 40.7 Å². The maximum absolute atomic E-state index is 13.8. The summed E-state index contributed by atoms with van der Waals surface area (Å²) in [4.78, 5) is 40.3. The molecule has 8 rings (SSSR count). The summed E-state index contributed by atoms with van der Waals surface area (Å²) in [6, 6.07) is 0. The van der Waals surface area contributed by atoms with Gasteiger partial charge in [0, 0.05) is 344 Å². The van der Waals surface area contributed by atoms with Gasteiger partial charge in [-0.2, -0.15) is 0 Å². The second kappa shape index (κ2) is 40.7. The smallest absolute Gasteiger partial charge is 0.335 e. The summed E-state index contributed by atoms with van der Waals surface area (Å²) in [5.74, 6) is -3.40.